The van der Waals surface area contributed by atoms with Gasteiger partial charge in [-0.3, -0.25) is 14.2 Å². The fourth-order valence-electron chi connectivity index (χ4n) is 2.56. The van der Waals surface area contributed by atoms with Crippen LogP contribution in [0.2, 0.25) is 0 Å². The van der Waals surface area contributed by atoms with Crippen LogP contribution in [-0.4, -0.2) is 30.2 Å². The highest BCUT2D eigenvalue weighted by Gasteiger charge is 2.12. The van der Waals surface area contributed by atoms with Crippen molar-refractivity contribution in [3.8, 4) is 17.2 Å². The van der Waals surface area contributed by atoms with Crippen molar-refractivity contribution in [2.45, 2.75) is 6.61 Å². The zero-order chi connectivity index (χ0) is 17.8. The fourth-order valence-corrected chi connectivity index (χ4v) is 2.56. The standard InChI is InChI=1S/C18H16N2O5/c1-23-13-4-6-17(12(7-13)9-25-11-21)20-10-19-16-5-3-14(24-2)8-15(16)18(20)22/h3-8,10-11H,9H2,1-2H3. The highest BCUT2D eigenvalue weighted by atomic mass is 16.5. The summed E-state index contributed by atoms with van der Waals surface area (Å²) in [7, 11) is 3.07. The van der Waals surface area contributed by atoms with Gasteiger partial charge in [-0.25, -0.2) is 4.98 Å². The van der Waals surface area contributed by atoms with E-state index in [1.54, 1.807) is 36.4 Å². The van der Waals surface area contributed by atoms with E-state index in [0.29, 0.717) is 40.1 Å². The second kappa shape index (κ2) is 7.04. The molecule has 3 aromatic rings. The Hall–Kier alpha value is -3.35. The summed E-state index contributed by atoms with van der Waals surface area (Å²) in [5, 5.41) is 0.430. The second-order valence-corrected chi connectivity index (χ2v) is 5.20. The Labute approximate surface area is 143 Å². The fraction of sp³-hybridized carbons (Fsp3) is 0.167. The summed E-state index contributed by atoms with van der Waals surface area (Å²) in [5.74, 6) is 1.17. The van der Waals surface area contributed by atoms with Crippen molar-refractivity contribution >= 4 is 17.4 Å². The van der Waals surface area contributed by atoms with Crippen molar-refractivity contribution in [1.82, 2.24) is 9.55 Å². The van der Waals surface area contributed by atoms with Crippen LogP contribution in [0.5, 0.6) is 11.5 Å². The molecule has 0 atom stereocenters. The van der Waals surface area contributed by atoms with Crippen molar-refractivity contribution in [3.05, 3.63) is 58.6 Å². The monoisotopic (exact) mass is 340 g/mol. The maximum Gasteiger partial charge on any atom is 0.293 e. The second-order valence-electron chi connectivity index (χ2n) is 5.20. The Morgan fingerprint density at radius 2 is 1.80 bits per heavy atom. The molecule has 1 aromatic heterocycles. The van der Waals surface area contributed by atoms with Crippen LogP contribution in [0.4, 0.5) is 0 Å². The van der Waals surface area contributed by atoms with Gasteiger partial charge in [0, 0.05) is 5.56 Å². The summed E-state index contributed by atoms with van der Waals surface area (Å²) in [6, 6.07) is 10.3. The first-order chi connectivity index (χ1) is 12.2. The molecule has 0 aliphatic heterocycles. The summed E-state index contributed by atoms with van der Waals surface area (Å²) in [6.07, 6.45) is 1.45. The van der Waals surface area contributed by atoms with E-state index in [1.165, 1.54) is 25.1 Å². The van der Waals surface area contributed by atoms with Gasteiger partial charge in [-0.1, -0.05) is 0 Å². The first-order valence-corrected chi connectivity index (χ1v) is 7.46. The molecular weight excluding hydrogens is 324 g/mol. The third-order valence-corrected chi connectivity index (χ3v) is 3.82. The Bertz CT molecular complexity index is 981. The molecule has 0 unspecified atom stereocenters. The molecule has 1 heterocycles. The maximum atomic E-state index is 12.9. The molecule has 0 amide bonds. The number of carbonyl (C=O) groups is 1. The van der Waals surface area contributed by atoms with E-state index in [-0.39, 0.29) is 12.2 Å². The highest BCUT2D eigenvalue weighted by Crippen LogP contribution is 2.22. The lowest BCUT2D eigenvalue weighted by molar-refractivity contribution is -0.129. The van der Waals surface area contributed by atoms with Crippen LogP contribution in [0.3, 0.4) is 0 Å². The molecule has 25 heavy (non-hydrogen) atoms. The molecule has 0 saturated heterocycles. The van der Waals surface area contributed by atoms with Crippen molar-refractivity contribution in [2.24, 2.45) is 0 Å². The third kappa shape index (κ3) is 3.16. The molecular formula is C18H16N2O5. The number of aromatic nitrogens is 2. The van der Waals surface area contributed by atoms with Gasteiger partial charge in [0.1, 0.15) is 24.4 Å². The van der Waals surface area contributed by atoms with Gasteiger partial charge in [0.05, 0.1) is 30.8 Å². The van der Waals surface area contributed by atoms with Crippen molar-refractivity contribution in [1.29, 1.82) is 0 Å². The molecule has 0 aliphatic carbocycles. The van der Waals surface area contributed by atoms with Crippen molar-refractivity contribution < 1.29 is 19.0 Å². The molecule has 0 bridgehead atoms. The summed E-state index contributed by atoms with van der Waals surface area (Å²) < 4.78 is 16.6. The normalized spacial score (nSPS) is 10.5. The van der Waals surface area contributed by atoms with E-state index in [9.17, 15) is 9.59 Å². The molecule has 0 radical (unpaired) electrons. The number of methoxy groups -OCH3 is 2. The first-order valence-electron chi connectivity index (χ1n) is 7.46. The number of rotatable bonds is 6. The highest BCUT2D eigenvalue weighted by molar-refractivity contribution is 5.79. The van der Waals surface area contributed by atoms with E-state index in [1.807, 2.05) is 0 Å². The molecule has 3 rings (SSSR count). The summed E-state index contributed by atoms with van der Waals surface area (Å²) >= 11 is 0. The topological polar surface area (TPSA) is 79.7 Å². The zero-order valence-corrected chi connectivity index (χ0v) is 13.8. The van der Waals surface area contributed by atoms with E-state index in [0.717, 1.165) is 0 Å². The number of carbonyl (C=O) groups excluding carboxylic acids is 1. The van der Waals surface area contributed by atoms with Crippen LogP contribution in [0.25, 0.3) is 16.6 Å². The number of hydrogen-bond donors (Lipinski definition) is 0. The third-order valence-electron chi connectivity index (χ3n) is 3.82. The minimum absolute atomic E-state index is 0.0125. The van der Waals surface area contributed by atoms with Crippen molar-refractivity contribution in [2.75, 3.05) is 14.2 Å². The van der Waals surface area contributed by atoms with E-state index >= 15 is 0 Å². The average molecular weight is 340 g/mol. The van der Waals surface area contributed by atoms with Gasteiger partial charge in [-0.2, -0.15) is 0 Å². The quantitative estimate of drug-likeness (QED) is 0.639. The number of benzene rings is 2. The molecule has 0 spiro atoms. The lowest BCUT2D eigenvalue weighted by Gasteiger charge is -2.13. The largest absolute Gasteiger partial charge is 0.497 e. The molecule has 0 aliphatic rings. The number of ether oxygens (including phenoxy) is 3. The number of fused-ring (bicyclic) bond motifs is 1. The van der Waals surface area contributed by atoms with Crippen LogP contribution >= 0.6 is 0 Å². The smallest absolute Gasteiger partial charge is 0.293 e. The number of hydrogen-bond acceptors (Lipinski definition) is 6. The van der Waals surface area contributed by atoms with Crippen molar-refractivity contribution in [3.63, 3.8) is 0 Å². The van der Waals surface area contributed by atoms with Gasteiger partial charge in [0.15, 0.2) is 0 Å². The SMILES string of the molecule is COc1ccc(-n2cnc3ccc(OC)cc3c2=O)c(COC=O)c1. The Kier molecular flexibility index (Phi) is 4.65. The predicted octanol–water partition coefficient (Wildman–Crippen LogP) is 2.08. The van der Waals surface area contributed by atoms with Crippen LogP contribution in [0, 0.1) is 0 Å². The van der Waals surface area contributed by atoms with E-state index < -0.39 is 0 Å². The molecule has 7 nitrogen and oxygen atoms in total. The Balaban J connectivity index is 2.20. The molecule has 0 fully saturated rings. The van der Waals surface area contributed by atoms with Crippen LogP contribution < -0.4 is 15.0 Å². The minimum Gasteiger partial charge on any atom is -0.497 e. The Morgan fingerprint density at radius 1 is 1.08 bits per heavy atom. The summed E-state index contributed by atoms with van der Waals surface area (Å²) in [6.45, 7) is 0.369. The van der Waals surface area contributed by atoms with Gasteiger partial charge in [0.25, 0.3) is 12.0 Å². The summed E-state index contributed by atoms with van der Waals surface area (Å²) in [4.78, 5) is 27.8. The van der Waals surface area contributed by atoms with Crippen LogP contribution in [0.1, 0.15) is 5.56 Å². The molecule has 7 heteroatoms. The Morgan fingerprint density at radius 3 is 2.52 bits per heavy atom. The lowest BCUT2D eigenvalue weighted by atomic mass is 10.1. The lowest BCUT2D eigenvalue weighted by Crippen LogP contribution is -2.20. The van der Waals surface area contributed by atoms with Crippen LogP contribution in [0.15, 0.2) is 47.5 Å². The van der Waals surface area contributed by atoms with Gasteiger partial charge in [-0.15, -0.1) is 0 Å². The molecule has 128 valence electrons. The van der Waals surface area contributed by atoms with Gasteiger partial charge < -0.3 is 14.2 Å². The van der Waals surface area contributed by atoms with Gasteiger partial charge in [0.2, 0.25) is 0 Å². The molecule has 0 saturated carbocycles. The average Bonchev–Trinajstić information content (AvgIpc) is 2.66. The van der Waals surface area contributed by atoms with E-state index in [4.69, 9.17) is 14.2 Å². The van der Waals surface area contributed by atoms with Gasteiger partial charge in [-0.05, 0) is 36.4 Å². The minimum atomic E-state index is -0.249. The first kappa shape index (κ1) is 16.5. The molecule has 0 N–H and O–H groups in total. The van der Waals surface area contributed by atoms with E-state index in [2.05, 4.69) is 4.98 Å². The zero-order valence-electron chi connectivity index (χ0n) is 13.8. The molecule has 2 aromatic carbocycles. The van der Waals surface area contributed by atoms with Crippen LogP contribution in [-0.2, 0) is 16.1 Å². The number of nitrogens with zero attached hydrogens (tertiary/aromatic N) is 2. The summed E-state index contributed by atoms with van der Waals surface area (Å²) in [5.41, 5.74) is 1.50. The van der Waals surface area contributed by atoms with Gasteiger partial charge >= 0.3 is 0 Å². The predicted molar refractivity (Wildman–Crippen MR) is 91.3 cm³/mol. The maximum absolute atomic E-state index is 12.9.